The highest BCUT2D eigenvalue weighted by molar-refractivity contribution is 5.84. The summed E-state index contributed by atoms with van der Waals surface area (Å²) in [6.07, 6.45) is 9.39. The van der Waals surface area contributed by atoms with E-state index in [1.807, 2.05) is 0 Å². The molecule has 0 bridgehead atoms. The van der Waals surface area contributed by atoms with Gasteiger partial charge in [-0.25, -0.2) is 0 Å². The molecule has 3 rings (SSSR count). The lowest BCUT2D eigenvalue weighted by Gasteiger charge is -2.29. The van der Waals surface area contributed by atoms with Crippen LogP contribution < -0.4 is 5.32 Å². The van der Waals surface area contributed by atoms with Gasteiger partial charge in [0.05, 0.1) is 12.2 Å². The topological polar surface area (TPSA) is 32.3 Å². The zero-order chi connectivity index (χ0) is 13.4. The molecule has 3 fully saturated rings. The van der Waals surface area contributed by atoms with Crippen LogP contribution in [0.4, 0.5) is 0 Å². The number of hydrogen-bond donors (Lipinski definition) is 1. The van der Waals surface area contributed by atoms with E-state index < -0.39 is 0 Å². The molecule has 1 amide bonds. The van der Waals surface area contributed by atoms with E-state index in [-0.39, 0.29) is 6.04 Å². The largest absolute Gasteiger partial charge is 0.325 e. The third-order valence-corrected chi connectivity index (χ3v) is 5.45. The van der Waals surface area contributed by atoms with Gasteiger partial charge in [-0.3, -0.25) is 10.1 Å². The second-order valence-corrected chi connectivity index (χ2v) is 6.95. The van der Waals surface area contributed by atoms with Gasteiger partial charge in [0.25, 0.3) is 0 Å². The zero-order valence-corrected chi connectivity index (χ0v) is 12.4. The lowest BCUT2D eigenvalue weighted by atomic mass is 9.99. The summed E-state index contributed by atoms with van der Waals surface area (Å²) in [6, 6.07) is 0.0781. The summed E-state index contributed by atoms with van der Waals surface area (Å²) in [5.41, 5.74) is 0. The number of nitrogens with zero attached hydrogens (tertiary/aromatic N) is 1. The first-order valence-electron chi connectivity index (χ1n) is 8.27. The van der Waals surface area contributed by atoms with E-state index in [9.17, 15) is 4.79 Å². The van der Waals surface area contributed by atoms with Crippen molar-refractivity contribution in [2.45, 2.75) is 71.0 Å². The summed E-state index contributed by atoms with van der Waals surface area (Å²) in [5, 5.41) is 3.69. The summed E-state index contributed by atoms with van der Waals surface area (Å²) in [4.78, 5) is 14.9. The monoisotopic (exact) mass is 264 g/mol. The molecule has 108 valence electrons. The van der Waals surface area contributed by atoms with Crippen LogP contribution in [0, 0.1) is 17.8 Å². The van der Waals surface area contributed by atoms with E-state index in [1.165, 1.54) is 38.5 Å². The SMILES string of the molecule is CCC(C)C1NC(C2CCCC2)N(CC2CC2)C1=O. The molecule has 3 aliphatic rings. The molecule has 3 heteroatoms. The van der Waals surface area contributed by atoms with E-state index in [1.54, 1.807) is 0 Å². The molecule has 2 aliphatic carbocycles. The summed E-state index contributed by atoms with van der Waals surface area (Å²) < 4.78 is 0. The quantitative estimate of drug-likeness (QED) is 0.828. The van der Waals surface area contributed by atoms with Crippen molar-refractivity contribution < 1.29 is 4.79 Å². The molecule has 19 heavy (non-hydrogen) atoms. The number of carbonyl (C=O) groups is 1. The van der Waals surface area contributed by atoms with E-state index in [0.717, 1.165) is 18.9 Å². The molecule has 3 nitrogen and oxygen atoms in total. The maximum absolute atomic E-state index is 12.7. The molecule has 0 aromatic heterocycles. The second kappa shape index (κ2) is 5.43. The van der Waals surface area contributed by atoms with Crippen molar-refractivity contribution in [3.8, 4) is 0 Å². The standard InChI is InChI=1S/C16H28N2O/c1-3-11(2)14-16(19)18(10-12-8-9-12)15(17-14)13-6-4-5-7-13/h11-15,17H,3-10H2,1-2H3. The maximum Gasteiger partial charge on any atom is 0.241 e. The number of rotatable bonds is 5. The fourth-order valence-electron chi connectivity index (χ4n) is 3.75. The maximum atomic E-state index is 12.7. The average Bonchev–Trinajstić information content (AvgIpc) is 2.95. The Morgan fingerprint density at radius 1 is 1.26 bits per heavy atom. The van der Waals surface area contributed by atoms with Gasteiger partial charge in [-0.1, -0.05) is 33.1 Å². The minimum atomic E-state index is 0.0781. The van der Waals surface area contributed by atoms with E-state index in [4.69, 9.17) is 0 Å². The Bertz CT molecular complexity index is 334. The Morgan fingerprint density at radius 3 is 2.53 bits per heavy atom. The van der Waals surface area contributed by atoms with E-state index >= 15 is 0 Å². The van der Waals surface area contributed by atoms with Crippen molar-refractivity contribution in [1.82, 2.24) is 10.2 Å². The summed E-state index contributed by atoms with van der Waals surface area (Å²) in [7, 11) is 0. The Kier molecular flexibility index (Phi) is 3.84. The smallest absolute Gasteiger partial charge is 0.241 e. The predicted molar refractivity (Wildman–Crippen MR) is 76.6 cm³/mol. The van der Waals surface area contributed by atoms with Crippen molar-refractivity contribution in [3.63, 3.8) is 0 Å². The molecule has 3 unspecified atom stereocenters. The normalized spacial score (nSPS) is 34.2. The minimum Gasteiger partial charge on any atom is -0.325 e. The van der Waals surface area contributed by atoms with Crippen LogP contribution in [-0.4, -0.2) is 29.6 Å². The highest BCUT2D eigenvalue weighted by atomic mass is 16.2. The van der Waals surface area contributed by atoms with Gasteiger partial charge in [-0.2, -0.15) is 0 Å². The number of nitrogens with one attached hydrogen (secondary N) is 1. The molecule has 0 radical (unpaired) electrons. The first kappa shape index (κ1) is 13.4. The van der Waals surface area contributed by atoms with E-state index in [2.05, 4.69) is 24.1 Å². The zero-order valence-electron chi connectivity index (χ0n) is 12.4. The average molecular weight is 264 g/mol. The van der Waals surface area contributed by atoms with Crippen LogP contribution in [0.1, 0.15) is 58.8 Å². The van der Waals surface area contributed by atoms with Crippen LogP contribution in [0.3, 0.4) is 0 Å². The van der Waals surface area contributed by atoms with Crippen molar-refractivity contribution >= 4 is 5.91 Å². The highest BCUT2D eigenvalue weighted by Crippen LogP contribution is 2.37. The first-order valence-corrected chi connectivity index (χ1v) is 8.27. The molecule has 1 heterocycles. The minimum absolute atomic E-state index is 0.0781. The Labute approximate surface area is 117 Å². The van der Waals surface area contributed by atoms with Gasteiger partial charge in [0.1, 0.15) is 0 Å². The van der Waals surface area contributed by atoms with Gasteiger partial charge in [-0.15, -0.1) is 0 Å². The molecular formula is C16H28N2O. The van der Waals surface area contributed by atoms with Crippen LogP contribution in [0.2, 0.25) is 0 Å². The van der Waals surface area contributed by atoms with Crippen LogP contribution >= 0.6 is 0 Å². The van der Waals surface area contributed by atoms with Gasteiger partial charge in [-0.05, 0) is 43.4 Å². The van der Waals surface area contributed by atoms with Crippen molar-refractivity contribution in [1.29, 1.82) is 0 Å². The molecule has 2 saturated carbocycles. The van der Waals surface area contributed by atoms with Gasteiger partial charge in [0.2, 0.25) is 5.91 Å². The molecule has 0 spiro atoms. The number of amides is 1. The molecule has 1 saturated heterocycles. The van der Waals surface area contributed by atoms with E-state index in [0.29, 0.717) is 23.9 Å². The van der Waals surface area contributed by atoms with Crippen LogP contribution in [0.25, 0.3) is 0 Å². The van der Waals surface area contributed by atoms with Gasteiger partial charge in [0.15, 0.2) is 0 Å². The molecular weight excluding hydrogens is 236 g/mol. The molecule has 1 aliphatic heterocycles. The molecule has 0 aromatic carbocycles. The fourth-order valence-corrected chi connectivity index (χ4v) is 3.75. The number of carbonyl (C=O) groups excluding carboxylic acids is 1. The third-order valence-electron chi connectivity index (χ3n) is 5.45. The number of hydrogen-bond acceptors (Lipinski definition) is 2. The molecule has 3 atom stereocenters. The second-order valence-electron chi connectivity index (χ2n) is 6.95. The van der Waals surface area contributed by atoms with Crippen LogP contribution in [0.5, 0.6) is 0 Å². The summed E-state index contributed by atoms with van der Waals surface area (Å²) in [6.45, 7) is 5.41. The lowest BCUT2D eigenvalue weighted by molar-refractivity contribution is -0.131. The van der Waals surface area contributed by atoms with Gasteiger partial charge >= 0.3 is 0 Å². The summed E-state index contributed by atoms with van der Waals surface area (Å²) in [5.74, 6) is 2.35. The van der Waals surface area contributed by atoms with Gasteiger partial charge < -0.3 is 4.90 Å². The van der Waals surface area contributed by atoms with Crippen LogP contribution in [0.15, 0.2) is 0 Å². The highest BCUT2D eigenvalue weighted by Gasteiger charge is 2.46. The van der Waals surface area contributed by atoms with Crippen molar-refractivity contribution in [2.24, 2.45) is 17.8 Å². The Hall–Kier alpha value is -0.570. The lowest BCUT2D eigenvalue weighted by Crippen LogP contribution is -2.43. The van der Waals surface area contributed by atoms with Crippen LogP contribution in [-0.2, 0) is 4.79 Å². The Morgan fingerprint density at radius 2 is 1.95 bits per heavy atom. The predicted octanol–water partition coefficient (Wildman–Crippen LogP) is 2.76. The molecule has 0 aromatic rings. The fraction of sp³-hybridized carbons (Fsp3) is 0.938. The van der Waals surface area contributed by atoms with Gasteiger partial charge in [0, 0.05) is 6.54 Å². The molecule has 1 N–H and O–H groups in total. The summed E-state index contributed by atoms with van der Waals surface area (Å²) >= 11 is 0. The van der Waals surface area contributed by atoms with Crippen molar-refractivity contribution in [2.75, 3.05) is 6.54 Å². The third kappa shape index (κ3) is 2.67. The van der Waals surface area contributed by atoms with Crippen molar-refractivity contribution in [3.05, 3.63) is 0 Å². The Balaban J connectivity index is 1.73. The first-order chi connectivity index (χ1) is 9.20.